The number of rotatable bonds is 5. The van der Waals surface area contributed by atoms with Crippen molar-refractivity contribution in [1.29, 1.82) is 0 Å². The Kier molecular flexibility index (Phi) is 4.81. The highest BCUT2D eigenvalue weighted by Gasteiger charge is 2.17. The Morgan fingerprint density at radius 1 is 1.17 bits per heavy atom. The van der Waals surface area contributed by atoms with Crippen LogP contribution in [0.15, 0.2) is 65.8 Å². The number of hydrogen-bond acceptors (Lipinski definition) is 4. The average molecular weight is 385 g/mol. The molecule has 7 heteroatoms. The molecule has 0 bridgehead atoms. The molecule has 2 heterocycles. The fourth-order valence-electron chi connectivity index (χ4n) is 2.18. The Hall–Kier alpha value is -2.80. The predicted molar refractivity (Wildman–Crippen MR) is 92.7 cm³/mol. The number of pyridine rings is 1. The minimum atomic E-state index is -0.255. The van der Waals surface area contributed by atoms with E-state index in [1.165, 1.54) is 0 Å². The lowest BCUT2D eigenvalue weighted by atomic mass is 10.1. The molecule has 0 radical (unpaired) electrons. The van der Waals surface area contributed by atoms with E-state index in [1.54, 1.807) is 65.9 Å². The summed E-state index contributed by atoms with van der Waals surface area (Å²) in [5, 5.41) is 2.77. The zero-order valence-electron chi connectivity index (χ0n) is 12.5. The van der Waals surface area contributed by atoms with Crippen LogP contribution in [0.4, 0.5) is 5.69 Å². The largest absolute Gasteiger partial charge is 0.328 e. The highest BCUT2D eigenvalue weighted by Crippen LogP contribution is 2.23. The Bertz CT molecular complexity index is 864. The quantitative estimate of drug-likeness (QED) is 0.686. The molecule has 0 spiro atoms. The number of amides is 1. The van der Waals surface area contributed by atoms with Crippen molar-refractivity contribution in [1.82, 2.24) is 14.5 Å². The third-order valence-corrected chi connectivity index (χ3v) is 3.78. The molecule has 3 aromatic rings. The number of halogens is 1. The molecule has 6 nitrogen and oxygen atoms in total. The smallest absolute Gasteiger partial charge is 0.244 e. The maximum atomic E-state index is 12.7. The lowest BCUT2D eigenvalue weighted by Gasteiger charge is -2.11. The Morgan fingerprint density at radius 3 is 2.75 bits per heavy atom. The molecule has 0 fully saturated rings. The molecule has 0 atom stereocenters. The summed E-state index contributed by atoms with van der Waals surface area (Å²) in [5.74, 6) is -0.500. The summed E-state index contributed by atoms with van der Waals surface area (Å²) in [7, 11) is 0. The van der Waals surface area contributed by atoms with Crippen LogP contribution in [0.3, 0.4) is 0 Å². The van der Waals surface area contributed by atoms with Gasteiger partial charge < -0.3 is 9.88 Å². The summed E-state index contributed by atoms with van der Waals surface area (Å²) in [6.45, 7) is 0.118. The van der Waals surface area contributed by atoms with Gasteiger partial charge >= 0.3 is 0 Å². The maximum absolute atomic E-state index is 12.7. The van der Waals surface area contributed by atoms with E-state index in [-0.39, 0.29) is 18.2 Å². The van der Waals surface area contributed by atoms with E-state index in [0.29, 0.717) is 16.9 Å². The summed E-state index contributed by atoms with van der Waals surface area (Å²) in [6, 6.07) is 10.2. The summed E-state index contributed by atoms with van der Waals surface area (Å²) in [4.78, 5) is 32.8. The standard InChI is InChI=1S/C17H13BrN4O2/c18-12-4-5-14(21-16(23)10-22-8-7-19-11-22)13(9-12)17(24)15-3-1-2-6-20-15/h1-9,11H,10H2,(H,21,23). The molecular formula is C17H13BrN4O2. The summed E-state index contributed by atoms with van der Waals surface area (Å²) in [5.41, 5.74) is 1.14. The van der Waals surface area contributed by atoms with Crippen molar-refractivity contribution in [2.75, 3.05) is 5.32 Å². The van der Waals surface area contributed by atoms with Gasteiger partial charge in [0.15, 0.2) is 0 Å². The van der Waals surface area contributed by atoms with E-state index in [1.807, 2.05) is 0 Å². The zero-order valence-corrected chi connectivity index (χ0v) is 14.1. The van der Waals surface area contributed by atoms with Crippen LogP contribution < -0.4 is 5.32 Å². The van der Waals surface area contributed by atoms with E-state index in [9.17, 15) is 9.59 Å². The molecule has 24 heavy (non-hydrogen) atoms. The van der Waals surface area contributed by atoms with Gasteiger partial charge in [-0.2, -0.15) is 0 Å². The SMILES string of the molecule is O=C(Cn1ccnc1)Nc1ccc(Br)cc1C(=O)c1ccccn1. The highest BCUT2D eigenvalue weighted by molar-refractivity contribution is 9.10. The molecular weight excluding hydrogens is 372 g/mol. The molecule has 1 amide bonds. The van der Waals surface area contributed by atoms with Crippen LogP contribution in [0, 0.1) is 0 Å². The molecule has 2 aromatic heterocycles. The first-order valence-electron chi connectivity index (χ1n) is 7.14. The fourth-order valence-corrected chi connectivity index (χ4v) is 2.55. The van der Waals surface area contributed by atoms with E-state index in [2.05, 4.69) is 31.2 Å². The topological polar surface area (TPSA) is 76.9 Å². The number of ketones is 1. The molecule has 0 aliphatic rings. The average Bonchev–Trinajstić information content (AvgIpc) is 3.09. The number of anilines is 1. The normalized spacial score (nSPS) is 10.4. The lowest BCUT2D eigenvalue weighted by molar-refractivity contribution is -0.116. The number of carbonyl (C=O) groups excluding carboxylic acids is 2. The minimum absolute atomic E-state index is 0.118. The monoisotopic (exact) mass is 384 g/mol. The van der Waals surface area contributed by atoms with Crippen LogP contribution in [-0.4, -0.2) is 26.2 Å². The van der Waals surface area contributed by atoms with Gasteiger partial charge in [-0.25, -0.2) is 4.98 Å². The molecule has 0 saturated heterocycles. The lowest BCUT2D eigenvalue weighted by Crippen LogP contribution is -2.20. The Labute approximate surface area is 146 Å². The molecule has 120 valence electrons. The van der Waals surface area contributed by atoms with Gasteiger partial charge in [0, 0.05) is 28.6 Å². The third-order valence-electron chi connectivity index (χ3n) is 3.28. The van der Waals surface area contributed by atoms with Crippen LogP contribution >= 0.6 is 15.9 Å². The van der Waals surface area contributed by atoms with Crippen molar-refractivity contribution in [2.24, 2.45) is 0 Å². The Balaban J connectivity index is 1.86. The second kappa shape index (κ2) is 7.18. The third kappa shape index (κ3) is 3.75. The van der Waals surface area contributed by atoms with Crippen LogP contribution in [-0.2, 0) is 11.3 Å². The molecule has 0 saturated carbocycles. The van der Waals surface area contributed by atoms with E-state index in [0.717, 1.165) is 4.47 Å². The number of carbonyl (C=O) groups is 2. The summed E-state index contributed by atoms with van der Waals surface area (Å²) < 4.78 is 2.39. The summed E-state index contributed by atoms with van der Waals surface area (Å²) >= 11 is 3.35. The number of nitrogens with zero attached hydrogens (tertiary/aromatic N) is 3. The van der Waals surface area contributed by atoms with Gasteiger partial charge in [-0.1, -0.05) is 22.0 Å². The highest BCUT2D eigenvalue weighted by atomic mass is 79.9. The van der Waals surface area contributed by atoms with Crippen LogP contribution in [0.2, 0.25) is 0 Å². The zero-order chi connectivity index (χ0) is 16.9. The fraction of sp³-hybridized carbons (Fsp3) is 0.0588. The van der Waals surface area contributed by atoms with Crippen molar-refractivity contribution in [3.05, 3.63) is 77.0 Å². The molecule has 0 aliphatic carbocycles. The van der Waals surface area contributed by atoms with Crippen molar-refractivity contribution in [3.8, 4) is 0 Å². The van der Waals surface area contributed by atoms with Gasteiger partial charge in [-0.3, -0.25) is 14.6 Å². The van der Waals surface area contributed by atoms with Crippen molar-refractivity contribution in [3.63, 3.8) is 0 Å². The van der Waals surface area contributed by atoms with E-state index >= 15 is 0 Å². The van der Waals surface area contributed by atoms with Crippen LogP contribution in [0.1, 0.15) is 16.1 Å². The first-order chi connectivity index (χ1) is 11.6. The maximum Gasteiger partial charge on any atom is 0.244 e. The van der Waals surface area contributed by atoms with E-state index < -0.39 is 0 Å². The van der Waals surface area contributed by atoms with Crippen molar-refractivity contribution >= 4 is 33.3 Å². The minimum Gasteiger partial charge on any atom is -0.328 e. The molecule has 0 unspecified atom stereocenters. The van der Waals surface area contributed by atoms with Crippen LogP contribution in [0.5, 0.6) is 0 Å². The molecule has 3 rings (SSSR count). The van der Waals surface area contributed by atoms with Crippen LogP contribution in [0.25, 0.3) is 0 Å². The first-order valence-corrected chi connectivity index (χ1v) is 7.93. The van der Waals surface area contributed by atoms with Crippen molar-refractivity contribution in [2.45, 2.75) is 6.54 Å². The number of nitrogens with one attached hydrogen (secondary N) is 1. The molecule has 1 aromatic carbocycles. The van der Waals surface area contributed by atoms with Crippen molar-refractivity contribution < 1.29 is 9.59 Å². The number of aromatic nitrogens is 3. The van der Waals surface area contributed by atoms with Gasteiger partial charge in [-0.05, 0) is 30.3 Å². The molecule has 1 N–H and O–H groups in total. The van der Waals surface area contributed by atoms with Gasteiger partial charge in [0.1, 0.15) is 12.2 Å². The van der Waals surface area contributed by atoms with E-state index in [4.69, 9.17) is 0 Å². The first kappa shape index (κ1) is 16.1. The molecule has 0 aliphatic heterocycles. The number of benzene rings is 1. The number of imidazole rings is 1. The van der Waals surface area contributed by atoms with Gasteiger partial charge in [-0.15, -0.1) is 0 Å². The van der Waals surface area contributed by atoms with Gasteiger partial charge in [0.2, 0.25) is 11.7 Å². The van der Waals surface area contributed by atoms with Gasteiger partial charge in [0.05, 0.1) is 12.0 Å². The second-order valence-corrected chi connectivity index (χ2v) is 5.93. The summed E-state index contributed by atoms with van der Waals surface area (Å²) in [6.07, 6.45) is 6.41. The predicted octanol–water partition coefficient (Wildman–Crippen LogP) is 2.91. The van der Waals surface area contributed by atoms with Gasteiger partial charge in [0.25, 0.3) is 0 Å². The second-order valence-electron chi connectivity index (χ2n) is 5.02. The number of hydrogen-bond donors (Lipinski definition) is 1. The Morgan fingerprint density at radius 2 is 2.04 bits per heavy atom.